The number of rotatable bonds is 10. The van der Waals surface area contributed by atoms with Crippen LogP contribution in [0, 0.1) is 0 Å². The van der Waals surface area contributed by atoms with Crippen LogP contribution in [0.25, 0.3) is 22.5 Å². The first-order valence-corrected chi connectivity index (χ1v) is 27.6. The SMILES string of the molecule is c1ccc(CN2c3ccc(Oc4ccccn4)cc3B3c4cc(-c5ccccn5)ccc4N(Cc4ccccc4)c4cccc2c43)cc1.c1ccc(Oc2ccc3c(c2)B2c4cc(-c5ccccn5)ccc4Nc4cccc(c42)N3)nc1. The molecule has 16 rings (SSSR count). The molecule has 0 amide bonds. The molecule has 0 saturated carbocycles. The van der Waals surface area contributed by atoms with Crippen molar-refractivity contribution < 1.29 is 9.47 Å². The maximum Gasteiger partial charge on any atom is 0.252 e. The van der Waals surface area contributed by atoms with Crippen molar-refractivity contribution in [1.82, 2.24) is 19.9 Å². The Kier molecular flexibility index (Phi) is 12.3. The van der Waals surface area contributed by atoms with Gasteiger partial charge in [0.2, 0.25) is 11.8 Å². The van der Waals surface area contributed by atoms with E-state index in [9.17, 15) is 0 Å². The van der Waals surface area contributed by atoms with Crippen molar-refractivity contribution >= 4 is 91.7 Å². The van der Waals surface area contributed by atoms with Gasteiger partial charge in [-0.05, 0) is 164 Å². The molecule has 0 saturated heterocycles. The lowest BCUT2D eigenvalue weighted by Crippen LogP contribution is -2.62. The summed E-state index contributed by atoms with van der Waals surface area (Å²) in [6.07, 6.45) is 7.19. The fourth-order valence-corrected chi connectivity index (χ4v) is 12.2. The molecule has 12 aromatic rings. The predicted octanol–water partition coefficient (Wildman–Crippen LogP) is 12.3. The molecular weight excluding hydrogens is 1010 g/mol. The maximum absolute atomic E-state index is 6.36. The summed E-state index contributed by atoms with van der Waals surface area (Å²) in [7, 11) is 0. The lowest BCUT2D eigenvalue weighted by molar-refractivity contribution is 0.463. The lowest BCUT2D eigenvalue weighted by Gasteiger charge is -2.44. The molecule has 8 heterocycles. The lowest BCUT2D eigenvalue weighted by atomic mass is 9.33. The summed E-state index contributed by atoms with van der Waals surface area (Å²) in [6.45, 7) is 1.55. The van der Waals surface area contributed by atoms with Crippen LogP contribution >= 0.6 is 0 Å². The average molecular weight is 1060 g/mol. The minimum atomic E-state index is -0.0174. The first-order chi connectivity index (χ1) is 40.6. The van der Waals surface area contributed by atoms with Crippen molar-refractivity contribution in [3.63, 3.8) is 0 Å². The molecule has 388 valence electrons. The Morgan fingerprint density at radius 3 is 1.32 bits per heavy atom. The smallest absolute Gasteiger partial charge is 0.252 e. The second-order valence-corrected chi connectivity index (χ2v) is 20.8. The number of fused-ring (bicyclic) bond motifs is 8. The van der Waals surface area contributed by atoms with E-state index in [0.29, 0.717) is 11.8 Å². The normalized spacial score (nSPS) is 12.6. The molecule has 4 aromatic heterocycles. The van der Waals surface area contributed by atoms with Crippen LogP contribution in [-0.4, -0.2) is 33.4 Å². The van der Waals surface area contributed by atoms with Crippen LogP contribution in [0.5, 0.6) is 23.3 Å². The molecule has 12 heteroatoms. The molecule has 8 aromatic carbocycles. The van der Waals surface area contributed by atoms with Crippen LogP contribution < -0.4 is 62.7 Å². The third-order valence-corrected chi connectivity index (χ3v) is 15.8. The number of nitrogens with one attached hydrogen (secondary N) is 2. The van der Waals surface area contributed by atoms with Gasteiger partial charge in [0.1, 0.15) is 11.5 Å². The first-order valence-electron chi connectivity index (χ1n) is 27.6. The van der Waals surface area contributed by atoms with Gasteiger partial charge >= 0.3 is 0 Å². The van der Waals surface area contributed by atoms with Gasteiger partial charge in [0, 0.05) is 95.5 Å². The second kappa shape index (κ2) is 20.8. The van der Waals surface area contributed by atoms with Crippen LogP contribution in [0.1, 0.15) is 11.1 Å². The standard InChI is InChI=1S/C42H31BN4O.C28H19BN4O/c1-3-12-30(13-4-1)28-46-37-22-20-32(36-16-7-9-24-44-36)26-34(37)43-35-27-33(48-41-19-8-10-25-45-41)21-23-38(35)47(29-31-14-5-2-6-15-31)40-18-11-17-39(46)42(40)43;1-3-14-30-22(6-1)18-10-12-23-20(16-18)29-21-17-19(34-27-9-2-4-15-31-27)11-13-24(21)33-26-8-5-7-25(32-23)28(26)29/h1-27H,28-29H2;1-17,32-33H. The van der Waals surface area contributed by atoms with Gasteiger partial charge in [-0.2, -0.15) is 0 Å². The summed E-state index contributed by atoms with van der Waals surface area (Å²) in [5.74, 6) is 2.68. The Hall–Kier alpha value is -10.7. The van der Waals surface area contributed by atoms with E-state index in [0.717, 1.165) is 69.9 Å². The number of anilines is 8. The van der Waals surface area contributed by atoms with Gasteiger partial charge < -0.3 is 29.9 Å². The summed E-state index contributed by atoms with van der Waals surface area (Å²) in [5, 5.41) is 7.27. The molecule has 10 nitrogen and oxygen atoms in total. The molecule has 0 fully saturated rings. The molecule has 82 heavy (non-hydrogen) atoms. The third kappa shape index (κ3) is 9.02. The summed E-state index contributed by atoms with van der Waals surface area (Å²) in [4.78, 5) is 23.0. The zero-order valence-electron chi connectivity index (χ0n) is 44.5. The Morgan fingerprint density at radius 1 is 0.329 bits per heavy atom. The van der Waals surface area contributed by atoms with Crippen molar-refractivity contribution in [2.24, 2.45) is 0 Å². The van der Waals surface area contributed by atoms with Crippen molar-refractivity contribution in [3.8, 4) is 45.8 Å². The number of hydrogen-bond acceptors (Lipinski definition) is 10. The zero-order valence-corrected chi connectivity index (χ0v) is 44.5. The Balaban J connectivity index is 0.000000149. The average Bonchev–Trinajstić information content (AvgIpc) is 1.87. The number of benzene rings is 8. The van der Waals surface area contributed by atoms with Gasteiger partial charge in [0.05, 0.1) is 11.4 Å². The van der Waals surface area contributed by atoms with Gasteiger partial charge in [0.15, 0.2) is 0 Å². The Morgan fingerprint density at radius 2 is 0.768 bits per heavy atom. The van der Waals surface area contributed by atoms with Crippen molar-refractivity contribution in [1.29, 1.82) is 0 Å². The molecule has 0 aliphatic carbocycles. The first kappa shape index (κ1) is 48.4. The minimum Gasteiger partial charge on any atom is -0.439 e. The monoisotopic (exact) mass is 1060 g/mol. The highest BCUT2D eigenvalue weighted by Crippen LogP contribution is 2.41. The van der Waals surface area contributed by atoms with Crippen LogP contribution in [0.4, 0.5) is 45.5 Å². The number of hydrogen-bond donors (Lipinski definition) is 2. The Bertz CT molecular complexity index is 4290. The molecule has 0 radical (unpaired) electrons. The maximum atomic E-state index is 6.36. The van der Waals surface area contributed by atoms with E-state index in [2.05, 4.69) is 211 Å². The number of aromatic nitrogens is 4. The summed E-state index contributed by atoms with van der Waals surface area (Å²) in [5.41, 5.74) is 23.3. The van der Waals surface area contributed by atoms with Gasteiger partial charge in [-0.25, -0.2) is 9.97 Å². The summed E-state index contributed by atoms with van der Waals surface area (Å²) >= 11 is 0. The molecule has 4 aliphatic rings. The van der Waals surface area contributed by atoms with Crippen LogP contribution in [0.15, 0.2) is 267 Å². The van der Waals surface area contributed by atoms with Crippen molar-refractivity contribution in [3.05, 3.63) is 279 Å². The van der Waals surface area contributed by atoms with E-state index in [1.54, 1.807) is 12.4 Å². The molecule has 0 atom stereocenters. The second-order valence-electron chi connectivity index (χ2n) is 20.8. The fourth-order valence-electron chi connectivity index (χ4n) is 12.2. The third-order valence-electron chi connectivity index (χ3n) is 15.8. The van der Waals surface area contributed by atoms with Crippen LogP contribution in [0.3, 0.4) is 0 Å². The zero-order chi connectivity index (χ0) is 54.3. The highest BCUT2D eigenvalue weighted by Gasteiger charge is 2.43. The van der Waals surface area contributed by atoms with E-state index in [4.69, 9.17) is 14.5 Å². The minimum absolute atomic E-state index is 0.0174. The number of pyridine rings is 4. The van der Waals surface area contributed by atoms with E-state index >= 15 is 0 Å². The topological polar surface area (TPSA) is 101 Å². The highest BCUT2D eigenvalue weighted by molar-refractivity contribution is 7.01. The number of nitrogens with zero attached hydrogens (tertiary/aromatic N) is 6. The fraction of sp³-hybridized carbons (Fsp3) is 0.0286. The number of ether oxygens (including phenoxy) is 2. The van der Waals surface area contributed by atoms with Gasteiger partial charge in [-0.3, -0.25) is 9.97 Å². The van der Waals surface area contributed by atoms with Gasteiger partial charge in [0.25, 0.3) is 13.4 Å². The van der Waals surface area contributed by atoms with Gasteiger partial charge in [-0.15, -0.1) is 0 Å². The molecular formula is C70H50B2N8O2. The quantitative estimate of drug-likeness (QED) is 0.129. The summed E-state index contributed by atoms with van der Waals surface area (Å²) in [6, 6.07) is 84.2. The van der Waals surface area contributed by atoms with Crippen LogP contribution in [0.2, 0.25) is 0 Å². The predicted molar refractivity (Wildman–Crippen MR) is 334 cm³/mol. The van der Waals surface area contributed by atoms with Crippen molar-refractivity contribution in [2.45, 2.75) is 13.1 Å². The summed E-state index contributed by atoms with van der Waals surface area (Å²) < 4.78 is 12.4. The molecule has 4 aliphatic heterocycles. The van der Waals surface area contributed by atoms with E-state index in [1.807, 2.05) is 79.1 Å². The Labute approximate surface area is 476 Å². The molecule has 0 unspecified atom stereocenters. The van der Waals surface area contributed by atoms with E-state index in [1.165, 1.54) is 66.7 Å². The van der Waals surface area contributed by atoms with Crippen molar-refractivity contribution in [2.75, 3.05) is 20.4 Å². The largest absolute Gasteiger partial charge is 0.439 e. The molecule has 2 N–H and O–H groups in total. The molecule has 0 bridgehead atoms. The van der Waals surface area contributed by atoms with E-state index in [-0.39, 0.29) is 13.4 Å². The van der Waals surface area contributed by atoms with Crippen LogP contribution in [-0.2, 0) is 13.1 Å². The van der Waals surface area contributed by atoms with Gasteiger partial charge in [-0.1, -0.05) is 121 Å². The van der Waals surface area contributed by atoms with E-state index < -0.39 is 0 Å². The molecule has 0 spiro atoms. The highest BCUT2D eigenvalue weighted by atomic mass is 16.5.